The Morgan fingerprint density at radius 3 is 2.24 bits per heavy atom. The Morgan fingerprint density at radius 2 is 1.71 bits per heavy atom. The lowest BCUT2D eigenvalue weighted by Crippen LogP contribution is -2.36. The monoisotopic (exact) mass is 293 g/mol. The molecule has 0 aliphatic carbocycles. The third-order valence-electron chi connectivity index (χ3n) is 4.14. The number of hydrogen-bond donors (Lipinski definition) is 2. The van der Waals surface area contributed by atoms with Crippen LogP contribution < -0.4 is 10.1 Å². The van der Waals surface area contributed by atoms with Crippen molar-refractivity contribution in [3.05, 3.63) is 29.3 Å². The predicted molar refractivity (Wildman–Crippen MR) is 88.9 cm³/mol. The zero-order chi connectivity index (χ0) is 16.0. The second-order valence-corrected chi connectivity index (χ2v) is 7.11. The van der Waals surface area contributed by atoms with Crippen molar-refractivity contribution in [1.82, 2.24) is 5.32 Å². The van der Waals surface area contributed by atoms with Crippen LogP contribution >= 0.6 is 0 Å². The van der Waals surface area contributed by atoms with Crippen LogP contribution in [-0.2, 0) is 0 Å². The zero-order valence-corrected chi connectivity index (χ0v) is 14.4. The molecule has 0 bridgehead atoms. The molecule has 3 heteroatoms. The second kappa shape index (κ2) is 7.81. The second-order valence-electron chi connectivity index (χ2n) is 7.11. The smallest absolute Gasteiger partial charge is 0.125 e. The largest absolute Gasteiger partial charge is 0.490 e. The van der Waals surface area contributed by atoms with Crippen molar-refractivity contribution in [2.45, 2.75) is 47.6 Å². The number of aryl methyl sites for hydroxylation is 2. The van der Waals surface area contributed by atoms with Gasteiger partial charge in [0, 0.05) is 6.54 Å². The van der Waals surface area contributed by atoms with E-state index in [1.165, 1.54) is 0 Å². The number of para-hydroxylation sites is 1. The quantitative estimate of drug-likeness (QED) is 0.810. The Morgan fingerprint density at radius 1 is 1.14 bits per heavy atom. The molecule has 0 saturated carbocycles. The number of aliphatic hydroxyl groups is 1. The van der Waals surface area contributed by atoms with Crippen LogP contribution in [0.2, 0.25) is 0 Å². The van der Waals surface area contributed by atoms with Gasteiger partial charge in [0.25, 0.3) is 0 Å². The lowest BCUT2D eigenvalue weighted by Gasteiger charge is -2.27. The highest BCUT2D eigenvalue weighted by atomic mass is 16.5. The molecule has 1 aromatic carbocycles. The van der Waals surface area contributed by atoms with Crippen molar-refractivity contribution in [3.8, 4) is 5.75 Å². The minimum atomic E-state index is -0.490. The summed E-state index contributed by atoms with van der Waals surface area (Å²) < 4.78 is 5.76. The molecule has 0 saturated heterocycles. The molecule has 2 atom stereocenters. The number of benzene rings is 1. The van der Waals surface area contributed by atoms with Crippen molar-refractivity contribution < 1.29 is 9.84 Å². The normalized spacial score (nSPS) is 14.8. The van der Waals surface area contributed by atoms with Crippen LogP contribution in [0, 0.1) is 25.2 Å². The summed E-state index contributed by atoms with van der Waals surface area (Å²) in [5.41, 5.74) is 2.50. The molecule has 21 heavy (non-hydrogen) atoms. The molecule has 3 nitrogen and oxygen atoms in total. The van der Waals surface area contributed by atoms with E-state index >= 15 is 0 Å². The third-order valence-corrected chi connectivity index (χ3v) is 4.14. The summed E-state index contributed by atoms with van der Waals surface area (Å²) in [6, 6.07) is 6.07. The lowest BCUT2D eigenvalue weighted by atomic mass is 9.82. The van der Waals surface area contributed by atoms with Gasteiger partial charge in [0.1, 0.15) is 18.5 Å². The minimum Gasteiger partial charge on any atom is -0.490 e. The molecule has 0 amide bonds. The summed E-state index contributed by atoms with van der Waals surface area (Å²) in [6.45, 7) is 14.8. The molecule has 1 aromatic rings. The van der Waals surface area contributed by atoms with Gasteiger partial charge in [-0.1, -0.05) is 45.9 Å². The number of aliphatic hydroxyl groups excluding tert-OH is 1. The van der Waals surface area contributed by atoms with E-state index in [0.717, 1.165) is 23.4 Å². The molecular weight excluding hydrogens is 262 g/mol. The fourth-order valence-electron chi connectivity index (χ4n) is 2.04. The van der Waals surface area contributed by atoms with Gasteiger partial charge < -0.3 is 15.2 Å². The average Bonchev–Trinajstić information content (AvgIpc) is 2.36. The number of ether oxygens (including phenoxy) is 1. The van der Waals surface area contributed by atoms with Crippen molar-refractivity contribution in [3.63, 3.8) is 0 Å². The van der Waals surface area contributed by atoms with Crippen LogP contribution in [0.1, 0.15) is 38.8 Å². The highest BCUT2D eigenvalue weighted by molar-refractivity contribution is 5.39. The molecule has 0 fully saturated rings. The SMILES string of the molecule is Cc1cccc(C)c1OCC(O)CNCC(C)C(C)(C)C. The summed E-state index contributed by atoms with van der Waals surface area (Å²) in [5.74, 6) is 1.45. The van der Waals surface area contributed by atoms with E-state index in [2.05, 4.69) is 33.0 Å². The first-order valence-corrected chi connectivity index (χ1v) is 7.79. The van der Waals surface area contributed by atoms with E-state index in [0.29, 0.717) is 19.1 Å². The van der Waals surface area contributed by atoms with Crippen molar-refractivity contribution >= 4 is 0 Å². The van der Waals surface area contributed by atoms with Gasteiger partial charge in [-0.05, 0) is 42.9 Å². The number of nitrogens with one attached hydrogen (secondary N) is 1. The highest BCUT2D eigenvalue weighted by Crippen LogP contribution is 2.24. The Labute approximate surface area is 129 Å². The van der Waals surface area contributed by atoms with Gasteiger partial charge in [0.2, 0.25) is 0 Å². The summed E-state index contributed by atoms with van der Waals surface area (Å²) in [7, 11) is 0. The van der Waals surface area contributed by atoms with Gasteiger partial charge in [-0.3, -0.25) is 0 Å². The Hall–Kier alpha value is -1.06. The van der Waals surface area contributed by atoms with Crippen LogP contribution in [0.5, 0.6) is 5.75 Å². The van der Waals surface area contributed by atoms with E-state index in [4.69, 9.17) is 4.74 Å². The molecule has 2 unspecified atom stereocenters. The highest BCUT2D eigenvalue weighted by Gasteiger charge is 2.19. The molecule has 120 valence electrons. The van der Waals surface area contributed by atoms with Crippen molar-refractivity contribution in [1.29, 1.82) is 0 Å². The van der Waals surface area contributed by atoms with E-state index in [1.54, 1.807) is 0 Å². The van der Waals surface area contributed by atoms with Crippen LogP contribution in [0.15, 0.2) is 18.2 Å². The number of rotatable bonds is 7. The molecule has 0 radical (unpaired) electrons. The molecule has 2 N–H and O–H groups in total. The van der Waals surface area contributed by atoms with Crippen LogP contribution in [0.4, 0.5) is 0 Å². The maximum absolute atomic E-state index is 10.0. The molecule has 0 heterocycles. The van der Waals surface area contributed by atoms with Crippen LogP contribution in [-0.4, -0.2) is 30.9 Å². The summed E-state index contributed by atoms with van der Waals surface area (Å²) >= 11 is 0. The van der Waals surface area contributed by atoms with E-state index < -0.39 is 6.10 Å². The van der Waals surface area contributed by atoms with Crippen LogP contribution in [0.3, 0.4) is 0 Å². The maximum atomic E-state index is 10.0. The zero-order valence-electron chi connectivity index (χ0n) is 14.4. The molecule has 0 aliphatic heterocycles. The van der Waals surface area contributed by atoms with Gasteiger partial charge in [0.15, 0.2) is 0 Å². The Kier molecular flexibility index (Phi) is 6.69. The molecule has 0 aromatic heterocycles. The Bertz CT molecular complexity index is 417. The van der Waals surface area contributed by atoms with Gasteiger partial charge in [-0.2, -0.15) is 0 Å². The lowest BCUT2D eigenvalue weighted by molar-refractivity contribution is 0.103. The van der Waals surface area contributed by atoms with E-state index in [1.807, 2.05) is 32.0 Å². The minimum absolute atomic E-state index is 0.284. The first-order chi connectivity index (χ1) is 9.71. The van der Waals surface area contributed by atoms with Crippen molar-refractivity contribution in [2.75, 3.05) is 19.7 Å². The first kappa shape index (κ1) is 18.0. The fraction of sp³-hybridized carbons (Fsp3) is 0.667. The van der Waals surface area contributed by atoms with Gasteiger partial charge >= 0.3 is 0 Å². The van der Waals surface area contributed by atoms with Gasteiger partial charge in [-0.25, -0.2) is 0 Å². The average molecular weight is 293 g/mol. The first-order valence-electron chi connectivity index (χ1n) is 7.79. The molecular formula is C18H31NO2. The molecule has 0 spiro atoms. The van der Waals surface area contributed by atoms with E-state index in [9.17, 15) is 5.11 Å². The number of hydrogen-bond acceptors (Lipinski definition) is 3. The fourth-order valence-corrected chi connectivity index (χ4v) is 2.04. The predicted octanol–water partition coefficient (Wildman–Crippen LogP) is 3.31. The summed E-state index contributed by atoms with van der Waals surface area (Å²) in [4.78, 5) is 0. The summed E-state index contributed by atoms with van der Waals surface area (Å²) in [5, 5.41) is 13.3. The Balaban J connectivity index is 2.33. The van der Waals surface area contributed by atoms with Gasteiger partial charge in [-0.15, -0.1) is 0 Å². The van der Waals surface area contributed by atoms with E-state index in [-0.39, 0.29) is 5.41 Å². The maximum Gasteiger partial charge on any atom is 0.125 e. The van der Waals surface area contributed by atoms with Crippen LogP contribution in [0.25, 0.3) is 0 Å². The van der Waals surface area contributed by atoms with Gasteiger partial charge in [0.05, 0.1) is 0 Å². The van der Waals surface area contributed by atoms with Crippen molar-refractivity contribution in [2.24, 2.45) is 11.3 Å². The topological polar surface area (TPSA) is 41.5 Å². The molecule has 1 rings (SSSR count). The summed E-state index contributed by atoms with van der Waals surface area (Å²) in [6.07, 6.45) is -0.490. The standard InChI is InChI=1S/C18H31NO2/c1-13-8-7-9-14(2)17(13)21-12-16(20)11-19-10-15(3)18(4,5)6/h7-9,15-16,19-20H,10-12H2,1-6H3. The third kappa shape index (κ3) is 6.06. The molecule has 0 aliphatic rings.